The highest BCUT2D eigenvalue weighted by Gasteiger charge is 2.44. The first kappa shape index (κ1) is 18.1. The molecule has 0 bridgehead atoms. The molecule has 4 rings (SSSR count). The van der Waals surface area contributed by atoms with Crippen molar-refractivity contribution < 1.29 is 27.4 Å². The molecule has 5 nitrogen and oxygen atoms in total. The molecule has 142 valence electrons. The summed E-state index contributed by atoms with van der Waals surface area (Å²) in [5, 5.41) is 5.39. The number of carbonyl (C=O) groups is 1. The van der Waals surface area contributed by atoms with Gasteiger partial charge in [-0.2, -0.15) is 0 Å². The second-order valence-electron chi connectivity index (χ2n) is 6.67. The second-order valence-corrected chi connectivity index (χ2v) is 8.25. The fraction of sp³-hybridized carbons (Fsp3) is 0.562. The van der Waals surface area contributed by atoms with Gasteiger partial charge in [-0.25, -0.2) is 0 Å². The van der Waals surface area contributed by atoms with Gasteiger partial charge >= 0.3 is 6.36 Å². The average molecular weight is 409 g/mol. The number of thioether (sulfide) groups is 1. The van der Waals surface area contributed by atoms with Crippen molar-refractivity contribution in [3.63, 3.8) is 0 Å². The van der Waals surface area contributed by atoms with E-state index in [2.05, 4.69) is 15.4 Å². The van der Waals surface area contributed by atoms with E-state index < -0.39 is 11.7 Å². The van der Waals surface area contributed by atoms with E-state index in [0.29, 0.717) is 29.4 Å². The van der Waals surface area contributed by atoms with E-state index in [1.807, 2.05) is 0 Å². The highest BCUT2D eigenvalue weighted by atomic mass is 35.5. The monoisotopic (exact) mass is 408 g/mol. The number of carbonyl (C=O) groups excluding carboxylic acids is 1. The van der Waals surface area contributed by atoms with Crippen LogP contribution in [0.5, 0.6) is 0 Å². The number of ether oxygens (including phenoxy) is 2. The van der Waals surface area contributed by atoms with E-state index in [1.54, 1.807) is 0 Å². The van der Waals surface area contributed by atoms with Gasteiger partial charge in [0.25, 0.3) is 5.91 Å². The third kappa shape index (κ3) is 3.44. The Morgan fingerprint density at radius 2 is 2.04 bits per heavy atom. The van der Waals surface area contributed by atoms with E-state index in [9.17, 15) is 18.0 Å². The smallest absolute Gasteiger partial charge is 0.409 e. The van der Waals surface area contributed by atoms with Crippen molar-refractivity contribution in [2.24, 2.45) is 0 Å². The Labute approximate surface area is 157 Å². The van der Waals surface area contributed by atoms with Gasteiger partial charge in [-0.15, -0.1) is 24.8 Å². The topological polar surface area (TPSA) is 59.6 Å². The lowest BCUT2D eigenvalue weighted by Crippen LogP contribution is -2.56. The molecule has 1 fully saturated rings. The number of allylic oxidation sites excluding steroid dienone is 3. The summed E-state index contributed by atoms with van der Waals surface area (Å²) in [5.41, 5.74) is 1.20. The number of rotatable bonds is 1. The SMILES string of the molecule is O=C1NC2(CCOCC2)CC2=C1SC1=C(CC(Cl)C(OC(F)(F)F)=C1)N2. The van der Waals surface area contributed by atoms with Crippen LogP contribution < -0.4 is 10.6 Å². The minimum absolute atomic E-state index is 0.181. The van der Waals surface area contributed by atoms with Crippen LogP contribution in [0.1, 0.15) is 25.7 Å². The molecule has 10 heteroatoms. The van der Waals surface area contributed by atoms with Crippen LogP contribution in [-0.4, -0.2) is 36.4 Å². The van der Waals surface area contributed by atoms with Crippen LogP contribution in [0.3, 0.4) is 0 Å². The van der Waals surface area contributed by atoms with Crippen molar-refractivity contribution in [2.45, 2.75) is 43.0 Å². The molecule has 1 amide bonds. The first-order valence-electron chi connectivity index (χ1n) is 8.18. The quantitative estimate of drug-likeness (QED) is 0.652. The third-order valence-electron chi connectivity index (χ3n) is 4.83. The van der Waals surface area contributed by atoms with Crippen LogP contribution in [0.15, 0.2) is 33.0 Å². The molecule has 3 heterocycles. The molecule has 26 heavy (non-hydrogen) atoms. The summed E-state index contributed by atoms with van der Waals surface area (Å²) in [4.78, 5) is 13.6. The molecule has 1 unspecified atom stereocenters. The summed E-state index contributed by atoms with van der Waals surface area (Å²) in [6.07, 6.45) is -1.25. The second kappa shape index (κ2) is 6.38. The Balaban J connectivity index is 1.57. The predicted molar refractivity (Wildman–Crippen MR) is 89.8 cm³/mol. The van der Waals surface area contributed by atoms with E-state index in [1.165, 1.54) is 6.08 Å². The molecule has 1 atom stereocenters. The molecule has 3 aliphatic heterocycles. The number of nitrogens with one attached hydrogen (secondary N) is 2. The summed E-state index contributed by atoms with van der Waals surface area (Å²) in [5.74, 6) is -0.565. The van der Waals surface area contributed by atoms with E-state index in [0.717, 1.165) is 36.0 Å². The Morgan fingerprint density at radius 3 is 2.73 bits per heavy atom. The molecule has 0 radical (unpaired) electrons. The fourth-order valence-corrected chi connectivity index (χ4v) is 4.88. The normalized spacial score (nSPS) is 28.1. The zero-order valence-corrected chi connectivity index (χ0v) is 15.1. The molecular formula is C16H16ClF3N2O3S. The van der Waals surface area contributed by atoms with E-state index >= 15 is 0 Å². The summed E-state index contributed by atoms with van der Waals surface area (Å²) in [6.45, 7) is 1.18. The van der Waals surface area contributed by atoms with Crippen molar-refractivity contribution in [1.29, 1.82) is 0 Å². The van der Waals surface area contributed by atoms with E-state index in [-0.39, 0.29) is 23.6 Å². The Kier molecular flexibility index (Phi) is 4.44. The lowest BCUT2D eigenvalue weighted by Gasteiger charge is -2.44. The third-order valence-corrected chi connectivity index (χ3v) is 6.42. The number of amides is 1. The molecule has 1 aliphatic carbocycles. The van der Waals surface area contributed by atoms with Gasteiger partial charge in [-0.05, 0) is 18.9 Å². The minimum atomic E-state index is -4.80. The maximum atomic E-state index is 12.6. The number of hydrogen-bond donors (Lipinski definition) is 2. The molecule has 0 aromatic heterocycles. The molecular weight excluding hydrogens is 393 g/mol. The van der Waals surface area contributed by atoms with Crippen LogP contribution in [0.4, 0.5) is 13.2 Å². The van der Waals surface area contributed by atoms with Crippen molar-refractivity contribution in [2.75, 3.05) is 13.2 Å². The van der Waals surface area contributed by atoms with Crippen molar-refractivity contribution in [1.82, 2.24) is 10.6 Å². The molecule has 1 spiro atoms. The highest BCUT2D eigenvalue weighted by molar-refractivity contribution is 8.07. The first-order chi connectivity index (χ1) is 12.2. The van der Waals surface area contributed by atoms with Gasteiger partial charge < -0.3 is 20.1 Å². The average Bonchev–Trinajstić information content (AvgIpc) is 2.54. The maximum absolute atomic E-state index is 12.6. The molecule has 2 N–H and O–H groups in total. The van der Waals surface area contributed by atoms with Gasteiger partial charge in [-0.1, -0.05) is 11.8 Å². The molecule has 0 aromatic rings. The number of alkyl halides is 4. The maximum Gasteiger partial charge on any atom is 0.572 e. The Morgan fingerprint density at radius 1 is 1.31 bits per heavy atom. The Hall–Kier alpha value is -1.32. The van der Waals surface area contributed by atoms with E-state index in [4.69, 9.17) is 16.3 Å². The van der Waals surface area contributed by atoms with Crippen LogP contribution >= 0.6 is 23.4 Å². The van der Waals surface area contributed by atoms with Crippen molar-refractivity contribution in [3.8, 4) is 0 Å². The Bertz CT molecular complexity index is 742. The highest BCUT2D eigenvalue weighted by Crippen LogP contribution is 2.46. The zero-order chi connectivity index (χ0) is 18.5. The zero-order valence-electron chi connectivity index (χ0n) is 13.5. The molecule has 0 saturated carbocycles. The molecule has 1 saturated heterocycles. The molecule has 0 aromatic carbocycles. The minimum Gasteiger partial charge on any atom is -0.409 e. The van der Waals surface area contributed by atoms with Crippen LogP contribution in [0.25, 0.3) is 0 Å². The van der Waals surface area contributed by atoms with Gasteiger partial charge in [0.05, 0.1) is 15.8 Å². The largest absolute Gasteiger partial charge is 0.572 e. The van der Waals surface area contributed by atoms with Gasteiger partial charge in [0.1, 0.15) is 5.76 Å². The van der Waals surface area contributed by atoms with Gasteiger partial charge in [0.15, 0.2) is 0 Å². The lowest BCUT2D eigenvalue weighted by molar-refractivity contribution is -0.306. The molecule has 4 aliphatic rings. The predicted octanol–water partition coefficient (Wildman–Crippen LogP) is 3.25. The van der Waals surface area contributed by atoms with Crippen molar-refractivity contribution in [3.05, 3.63) is 33.0 Å². The van der Waals surface area contributed by atoms with Gasteiger partial charge in [-0.3, -0.25) is 4.79 Å². The van der Waals surface area contributed by atoms with Crippen LogP contribution in [-0.2, 0) is 14.3 Å². The first-order valence-corrected chi connectivity index (χ1v) is 9.43. The number of hydrogen-bond acceptors (Lipinski definition) is 5. The van der Waals surface area contributed by atoms with Gasteiger partial charge in [0.2, 0.25) is 0 Å². The summed E-state index contributed by atoms with van der Waals surface area (Å²) in [6, 6.07) is 0. The van der Waals surface area contributed by atoms with Crippen LogP contribution in [0.2, 0.25) is 0 Å². The number of halogens is 4. The summed E-state index contributed by atoms with van der Waals surface area (Å²) >= 11 is 7.22. The summed E-state index contributed by atoms with van der Waals surface area (Å²) < 4.78 is 47.0. The lowest BCUT2D eigenvalue weighted by atomic mass is 9.83. The van der Waals surface area contributed by atoms with Gasteiger partial charge in [0, 0.05) is 42.4 Å². The summed E-state index contributed by atoms with van der Waals surface area (Å²) in [7, 11) is 0. The van der Waals surface area contributed by atoms with Crippen molar-refractivity contribution >= 4 is 29.3 Å². The fourth-order valence-electron chi connectivity index (χ4n) is 3.58. The standard InChI is InChI=1S/C16H16ClF3N2O3S/c17-8-5-9-12(6-11(8)25-16(18,19)20)26-13-10(21-9)7-15(22-14(13)23)1-3-24-4-2-15/h6,8,21H,1-5,7H2,(H,22,23). The van der Waals surface area contributed by atoms with Crippen LogP contribution in [0, 0.1) is 0 Å².